The maximum Gasteiger partial charge on any atom is 0.254 e. The van der Waals surface area contributed by atoms with Gasteiger partial charge in [-0.25, -0.2) is 8.42 Å². The van der Waals surface area contributed by atoms with Crippen molar-refractivity contribution in [3.05, 3.63) is 11.8 Å². The standard InChI is InChI=1S/C13H20N4O4S/c1-8-6-12(16(2)15-8)14-13(18)11-7-9-10(21-11)4-5-17(9)22(3,19)20/h6,9-11H,4-5,7H2,1-3H3,(H,14,18)/t9-,10-,11+/m1/s1. The summed E-state index contributed by atoms with van der Waals surface area (Å²) >= 11 is 0. The van der Waals surface area contributed by atoms with Crippen molar-refractivity contribution in [3.63, 3.8) is 0 Å². The number of anilines is 1. The Morgan fingerprint density at radius 3 is 2.82 bits per heavy atom. The minimum absolute atomic E-state index is 0.196. The van der Waals surface area contributed by atoms with Gasteiger partial charge < -0.3 is 10.1 Å². The van der Waals surface area contributed by atoms with Crippen LogP contribution in [0.4, 0.5) is 5.82 Å². The molecule has 1 aromatic heterocycles. The van der Waals surface area contributed by atoms with E-state index in [1.165, 1.54) is 10.6 Å². The molecule has 2 saturated heterocycles. The van der Waals surface area contributed by atoms with Crippen LogP contribution in [0.15, 0.2) is 6.07 Å². The fourth-order valence-electron chi connectivity index (χ4n) is 3.23. The Balaban J connectivity index is 1.68. The molecule has 0 bridgehead atoms. The maximum atomic E-state index is 12.3. The smallest absolute Gasteiger partial charge is 0.254 e. The topological polar surface area (TPSA) is 93.5 Å². The summed E-state index contributed by atoms with van der Waals surface area (Å²) in [6, 6.07) is 1.54. The Labute approximate surface area is 129 Å². The number of nitrogens with zero attached hydrogens (tertiary/aromatic N) is 3. The Morgan fingerprint density at radius 1 is 1.50 bits per heavy atom. The van der Waals surface area contributed by atoms with E-state index in [2.05, 4.69) is 10.4 Å². The normalized spacial score (nSPS) is 28.8. The first kappa shape index (κ1) is 15.4. The van der Waals surface area contributed by atoms with Gasteiger partial charge in [-0.1, -0.05) is 0 Å². The van der Waals surface area contributed by atoms with Gasteiger partial charge in [-0.2, -0.15) is 9.40 Å². The monoisotopic (exact) mass is 328 g/mol. The van der Waals surface area contributed by atoms with E-state index in [0.717, 1.165) is 5.69 Å². The van der Waals surface area contributed by atoms with E-state index in [1.54, 1.807) is 17.8 Å². The lowest BCUT2D eigenvalue weighted by molar-refractivity contribution is -0.126. The molecule has 2 aliphatic rings. The minimum Gasteiger partial charge on any atom is -0.363 e. The number of hydrogen-bond acceptors (Lipinski definition) is 5. The van der Waals surface area contributed by atoms with Gasteiger partial charge in [0.25, 0.3) is 5.91 Å². The number of nitrogens with one attached hydrogen (secondary N) is 1. The second-order valence-corrected chi connectivity index (χ2v) is 7.85. The van der Waals surface area contributed by atoms with E-state index in [-0.39, 0.29) is 18.1 Å². The molecule has 3 atom stereocenters. The predicted octanol–water partition coefficient (Wildman–Crippen LogP) is -0.142. The average Bonchev–Trinajstić information content (AvgIpc) is 3.01. The number of aryl methyl sites for hydroxylation is 2. The number of sulfonamides is 1. The lowest BCUT2D eigenvalue weighted by atomic mass is 10.1. The summed E-state index contributed by atoms with van der Waals surface area (Å²) in [5.41, 5.74) is 0.810. The van der Waals surface area contributed by atoms with Gasteiger partial charge in [-0.15, -0.1) is 0 Å². The van der Waals surface area contributed by atoms with Crippen LogP contribution < -0.4 is 5.32 Å². The van der Waals surface area contributed by atoms with Crippen LogP contribution in [0.3, 0.4) is 0 Å². The predicted molar refractivity (Wildman–Crippen MR) is 79.8 cm³/mol. The molecule has 0 aromatic carbocycles. The van der Waals surface area contributed by atoms with Crippen molar-refractivity contribution in [1.82, 2.24) is 14.1 Å². The first-order valence-corrected chi connectivity index (χ1v) is 9.04. The van der Waals surface area contributed by atoms with E-state index in [1.807, 2.05) is 6.92 Å². The lowest BCUT2D eigenvalue weighted by Gasteiger charge is -2.19. The second-order valence-electron chi connectivity index (χ2n) is 5.91. The van der Waals surface area contributed by atoms with Crippen LogP contribution in [0.5, 0.6) is 0 Å². The molecule has 8 nitrogen and oxygen atoms in total. The summed E-state index contributed by atoms with van der Waals surface area (Å²) < 4.78 is 32.3. The summed E-state index contributed by atoms with van der Waals surface area (Å²) in [7, 11) is -1.51. The molecular weight excluding hydrogens is 308 g/mol. The number of aromatic nitrogens is 2. The van der Waals surface area contributed by atoms with E-state index in [4.69, 9.17) is 4.74 Å². The van der Waals surface area contributed by atoms with Crippen molar-refractivity contribution < 1.29 is 17.9 Å². The van der Waals surface area contributed by atoms with Crippen LogP contribution in [0.2, 0.25) is 0 Å². The third-order valence-electron chi connectivity index (χ3n) is 4.20. The van der Waals surface area contributed by atoms with Crippen molar-refractivity contribution in [2.75, 3.05) is 18.1 Å². The molecule has 9 heteroatoms. The summed E-state index contributed by atoms with van der Waals surface area (Å²) in [5.74, 6) is 0.342. The fourth-order valence-corrected chi connectivity index (χ4v) is 4.38. The SMILES string of the molecule is Cc1cc(NC(=O)[C@@H]2C[C@@H]3[C@@H](CCN3S(C)(=O)=O)O2)n(C)n1. The van der Waals surface area contributed by atoms with E-state index < -0.39 is 16.1 Å². The van der Waals surface area contributed by atoms with Gasteiger partial charge in [0.2, 0.25) is 10.0 Å². The molecule has 3 rings (SSSR count). The summed E-state index contributed by atoms with van der Waals surface area (Å²) in [5, 5.41) is 6.95. The molecule has 122 valence electrons. The van der Waals surface area contributed by atoms with Crippen LogP contribution >= 0.6 is 0 Å². The number of ether oxygens (including phenoxy) is 1. The highest BCUT2D eigenvalue weighted by atomic mass is 32.2. The second kappa shape index (κ2) is 5.32. The van der Waals surface area contributed by atoms with Crippen molar-refractivity contribution in [2.45, 2.75) is 38.0 Å². The van der Waals surface area contributed by atoms with E-state index in [0.29, 0.717) is 25.2 Å². The molecule has 22 heavy (non-hydrogen) atoms. The van der Waals surface area contributed by atoms with Gasteiger partial charge in [0.05, 0.1) is 24.1 Å². The molecule has 0 unspecified atom stereocenters. The molecule has 3 heterocycles. The van der Waals surface area contributed by atoms with Crippen molar-refractivity contribution in [3.8, 4) is 0 Å². The van der Waals surface area contributed by atoms with Crippen LogP contribution in [-0.4, -0.2) is 59.5 Å². The Morgan fingerprint density at radius 2 is 2.23 bits per heavy atom. The molecule has 2 aliphatic heterocycles. The van der Waals surface area contributed by atoms with Gasteiger partial charge in [-0.05, 0) is 13.3 Å². The number of fused-ring (bicyclic) bond motifs is 1. The summed E-state index contributed by atoms with van der Waals surface area (Å²) in [4.78, 5) is 12.3. The van der Waals surface area contributed by atoms with Gasteiger partial charge in [0.15, 0.2) is 0 Å². The quantitative estimate of drug-likeness (QED) is 0.833. The van der Waals surface area contributed by atoms with Crippen LogP contribution in [0, 0.1) is 6.92 Å². The van der Waals surface area contributed by atoms with E-state index >= 15 is 0 Å². The number of amides is 1. The Kier molecular flexibility index (Phi) is 3.74. The zero-order valence-electron chi connectivity index (χ0n) is 12.8. The van der Waals surface area contributed by atoms with Crippen molar-refractivity contribution >= 4 is 21.7 Å². The average molecular weight is 328 g/mol. The number of hydrogen-bond donors (Lipinski definition) is 1. The first-order chi connectivity index (χ1) is 10.3. The van der Waals surface area contributed by atoms with Gasteiger partial charge >= 0.3 is 0 Å². The van der Waals surface area contributed by atoms with Crippen LogP contribution in [0.25, 0.3) is 0 Å². The largest absolute Gasteiger partial charge is 0.363 e. The molecule has 0 saturated carbocycles. The molecule has 1 aromatic rings. The summed E-state index contributed by atoms with van der Waals surface area (Å²) in [6.07, 6.45) is 1.39. The number of carbonyl (C=O) groups is 1. The zero-order valence-corrected chi connectivity index (χ0v) is 13.6. The zero-order chi connectivity index (χ0) is 16.1. The van der Waals surface area contributed by atoms with E-state index in [9.17, 15) is 13.2 Å². The first-order valence-electron chi connectivity index (χ1n) is 7.19. The third-order valence-corrected chi connectivity index (χ3v) is 5.50. The highest BCUT2D eigenvalue weighted by Gasteiger charge is 2.48. The van der Waals surface area contributed by atoms with Crippen LogP contribution in [0.1, 0.15) is 18.5 Å². The Hall–Kier alpha value is -1.45. The molecule has 0 radical (unpaired) electrons. The van der Waals surface area contributed by atoms with Gasteiger partial charge in [0, 0.05) is 26.1 Å². The molecule has 1 amide bonds. The van der Waals surface area contributed by atoms with Crippen molar-refractivity contribution in [1.29, 1.82) is 0 Å². The maximum absolute atomic E-state index is 12.3. The molecule has 2 fully saturated rings. The molecular formula is C13H20N4O4S. The van der Waals surface area contributed by atoms with Gasteiger partial charge in [-0.3, -0.25) is 9.48 Å². The Bertz CT molecular complexity index is 699. The number of carbonyl (C=O) groups excluding carboxylic acids is 1. The van der Waals surface area contributed by atoms with Crippen LogP contribution in [-0.2, 0) is 26.6 Å². The highest BCUT2D eigenvalue weighted by Crippen LogP contribution is 2.34. The minimum atomic E-state index is -3.26. The molecule has 0 aliphatic carbocycles. The lowest BCUT2D eigenvalue weighted by Crippen LogP contribution is -2.37. The highest BCUT2D eigenvalue weighted by molar-refractivity contribution is 7.88. The van der Waals surface area contributed by atoms with Gasteiger partial charge in [0.1, 0.15) is 11.9 Å². The summed E-state index contributed by atoms with van der Waals surface area (Å²) in [6.45, 7) is 2.31. The van der Waals surface area contributed by atoms with Crippen molar-refractivity contribution in [2.24, 2.45) is 7.05 Å². The molecule has 1 N–H and O–H groups in total. The third kappa shape index (κ3) is 2.75. The number of rotatable bonds is 3. The fraction of sp³-hybridized carbons (Fsp3) is 0.692. The molecule has 0 spiro atoms.